The first-order valence-corrected chi connectivity index (χ1v) is 12.1. The Hall–Kier alpha value is -3.39. The van der Waals surface area contributed by atoms with Crippen LogP contribution in [0.4, 0.5) is 5.69 Å². The van der Waals surface area contributed by atoms with Crippen molar-refractivity contribution in [3.05, 3.63) is 89.7 Å². The Kier molecular flexibility index (Phi) is 6.41. The molecule has 1 amide bonds. The van der Waals surface area contributed by atoms with E-state index in [-0.39, 0.29) is 17.7 Å². The summed E-state index contributed by atoms with van der Waals surface area (Å²) in [6.45, 7) is 2.83. The van der Waals surface area contributed by atoms with Crippen LogP contribution in [0.25, 0.3) is 0 Å². The van der Waals surface area contributed by atoms with Crippen molar-refractivity contribution < 1.29 is 17.9 Å². The van der Waals surface area contributed by atoms with E-state index in [9.17, 15) is 13.2 Å². The number of carbonyl (C=O) groups excluding carboxylic acids is 1. The number of aromatic nitrogens is 1. The molecule has 2 heterocycles. The van der Waals surface area contributed by atoms with Gasteiger partial charge in [0.25, 0.3) is 5.91 Å². The molecule has 7 nitrogen and oxygen atoms in total. The number of sulfonamides is 1. The average Bonchev–Trinajstić information content (AvgIpc) is 3.17. The van der Waals surface area contributed by atoms with Crippen LogP contribution in [0.2, 0.25) is 0 Å². The second-order valence-electron chi connectivity index (χ2n) is 7.70. The van der Waals surface area contributed by atoms with Crippen LogP contribution in [0.15, 0.2) is 73.1 Å². The Morgan fingerprint density at radius 1 is 1.12 bits per heavy atom. The van der Waals surface area contributed by atoms with Gasteiger partial charge in [-0.1, -0.05) is 18.2 Å². The first kappa shape index (κ1) is 21.8. The molecule has 32 heavy (non-hydrogen) atoms. The first-order chi connectivity index (χ1) is 15.4. The fraction of sp³-hybridized carbons (Fsp3) is 0.250. The topological polar surface area (TPSA) is 88.6 Å². The van der Waals surface area contributed by atoms with E-state index in [1.165, 1.54) is 4.31 Å². The Morgan fingerprint density at radius 3 is 2.50 bits per heavy atom. The molecule has 3 aromatic rings. The van der Waals surface area contributed by atoms with Crippen molar-refractivity contribution in [3.63, 3.8) is 0 Å². The van der Waals surface area contributed by atoms with E-state index in [1.807, 2.05) is 43.3 Å². The Morgan fingerprint density at radius 2 is 1.88 bits per heavy atom. The minimum Gasteiger partial charge on any atom is -0.489 e. The van der Waals surface area contributed by atoms with Crippen molar-refractivity contribution in [2.75, 3.05) is 16.6 Å². The van der Waals surface area contributed by atoms with Crippen molar-refractivity contribution in [3.8, 4) is 5.75 Å². The van der Waals surface area contributed by atoms with Gasteiger partial charge in [0.2, 0.25) is 10.0 Å². The normalized spacial score (nSPS) is 15.8. The van der Waals surface area contributed by atoms with Crippen LogP contribution < -0.4 is 14.4 Å². The summed E-state index contributed by atoms with van der Waals surface area (Å²) in [4.78, 5) is 16.7. The Bertz CT molecular complexity index is 1160. The minimum atomic E-state index is -3.23. The van der Waals surface area contributed by atoms with Gasteiger partial charge in [0.15, 0.2) is 0 Å². The number of hydrogen-bond donors (Lipinski definition) is 1. The summed E-state index contributed by atoms with van der Waals surface area (Å²) in [6, 6.07) is 17.9. The highest BCUT2D eigenvalue weighted by molar-refractivity contribution is 7.93. The van der Waals surface area contributed by atoms with Gasteiger partial charge in [-0.25, -0.2) is 8.42 Å². The van der Waals surface area contributed by atoms with Gasteiger partial charge in [-0.05, 0) is 61.4 Å². The molecule has 1 aliphatic heterocycles. The summed E-state index contributed by atoms with van der Waals surface area (Å²) in [5.74, 6) is 0.689. The standard InChI is InChI=1S/C24H25N3O4S/c1-18(20-7-11-23(12-8-20)31-17-19-4-2-13-25-16-19)26-24(28)21-5-9-22(10-6-21)27-14-3-15-32(27,29)30/h2,4-13,16,18H,3,14-15,17H2,1H3,(H,26,28). The van der Waals surface area contributed by atoms with E-state index in [4.69, 9.17) is 4.74 Å². The molecule has 1 unspecified atom stereocenters. The predicted molar refractivity (Wildman–Crippen MR) is 123 cm³/mol. The molecule has 0 bridgehead atoms. The quantitative estimate of drug-likeness (QED) is 0.592. The van der Waals surface area contributed by atoms with Crippen molar-refractivity contribution in [1.29, 1.82) is 0 Å². The van der Waals surface area contributed by atoms with Crippen molar-refractivity contribution in [2.45, 2.75) is 26.0 Å². The van der Waals surface area contributed by atoms with Crippen LogP contribution in [-0.2, 0) is 16.6 Å². The maximum atomic E-state index is 12.6. The van der Waals surface area contributed by atoms with Crippen LogP contribution in [-0.4, -0.2) is 31.6 Å². The fourth-order valence-electron chi connectivity index (χ4n) is 3.57. The molecule has 1 N–H and O–H groups in total. The number of nitrogens with zero attached hydrogens (tertiary/aromatic N) is 2. The van der Waals surface area contributed by atoms with E-state index < -0.39 is 10.0 Å². The van der Waals surface area contributed by atoms with Gasteiger partial charge < -0.3 is 10.1 Å². The molecule has 1 fully saturated rings. The highest BCUT2D eigenvalue weighted by Crippen LogP contribution is 2.24. The third-order valence-corrected chi connectivity index (χ3v) is 7.24. The zero-order valence-corrected chi connectivity index (χ0v) is 18.6. The van der Waals surface area contributed by atoms with E-state index in [0.29, 0.717) is 30.8 Å². The monoisotopic (exact) mass is 451 g/mol. The first-order valence-electron chi connectivity index (χ1n) is 10.5. The van der Waals surface area contributed by atoms with Crippen LogP contribution in [0.5, 0.6) is 5.75 Å². The van der Waals surface area contributed by atoms with Gasteiger partial charge in [-0.3, -0.25) is 14.1 Å². The smallest absolute Gasteiger partial charge is 0.251 e. The molecule has 0 aliphatic carbocycles. The molecule has 0 radical (unpaired) electrons. The molecule has 0 saturated carbocycles. The molecule has 1 aliphatic rings. The van der Waals surface area contributed by atoms with Gasteiger partial charge in [0, 0.05) is 30.1 Å². The lowest BCUT2D eigenvalue weighted by atomic mass is 10.1. The van der Waals surface area contributed by atoms with Crippen LogP contribution >= 0.6 is 0 Å². The van der Waals surface area contributed by atoms with Gasteiger partial charge in [0.1, 0.15) is 12.4 Å². The van der Waals surface area contributed by atoms with E-state index >= 15 is 0 Å². The van der Waals surface area contributed by atoms with Crippen molar-refractivity contribution in [1.82, 2.24) is 10.3 Å². The maximum Gasteiger partial charge on any atom is 0.251 e. The molecule has 1 aromatic heterocycles. The van der Waals surface area contributed by atoms with E-state index in [1.54, 1.807) is 36.7 Å². The van der Waals surface area contributed by atoms with Gasteiger partial charge in [0.05, 0.1) is 17.5 Å². The summed E-state index contributed by atoms with van der Waals surface area (Å²) in [7, 11) is -3.23. The second kappa shape index (κ2) is 9.40. The molecule has 1 saturated heterocycles. The predicted octanol–water partition coefficient (Wildman–Crippen LogP) is 3.69. The SMILES string of the molecule is CC(NC(=O)c1ccc(N2CCCS2(=O)=O)cc1)c1ccc(OCc2cccnc2)cc1. The number of rotatable bonds is 7. The minimum absolute atomic E-state index is 0.167. The Balaban J connectivity index is 1.34. The fourth-order valence-corrected chi connectivity index (χ4v) is 5.14. The second-order valence-corrected chi connectivity index (χ2v) is 9.72. The zero-order valence-electron chi connectivity index (χ0n) is 17.8. The summed E-state index contributed by atoms with van der Waals surface area (Å²) >= 11 is 0. The summed E-state index contributed by atoms with van der Waals surface area (Å²) < 4.78 is 31.3. The molecule has 2 aromatic carbocycles. The zero-order chi connectivity index (χ0) is 22.6. The highest BCUT2D eigenvalue weighted by Gasteiger charge is 2.28. The number of pyridine rings is 1. The number of ether oxygens (including phenoxy) is 1. The number of anilines is 1. The molecular formula is C24H25N3O4S. The number of carbonyl (C=O) groups is 1. The number of benzene rings is 2. The molecule has 8 heteroatoms. The Labute approximate surface area is 188 Å². The molecule has 4 rings (SSSR count). The maximum absolute atomic E-state index is 12.6. The van der Waals surface area contributed by atoms with Crippen LogP contribution in [0.3, 0.4) is 0 Å². The summed E-state index contributed by atoms with van der Waals surface area (Å²) in [5, 5.41) is 2.98. The van der Waals surface area contributed by atoms with Gasteiger partial charge in [-0.15, -0.1) is 0 Å². The summed E-state index contributed by atoms with van der Waals surface area (Å²) in [6.07, 6.45) is 4.11. The summed E-state index contributed by atoms with van der Waals surface area (Å²) in [5.41, 5.74) is 3.01. The third kappa shape index (κ3) is 5.08. The van der Waals surface area contributed by atoms with E-state index in [0.717, 1.165) is 16.9 Å². The number of nitrogens with one attached hydrogen (secondary N) is 1. The van der Waals surface area contributed by atoms with E-state index in [2.05, 4.69) is 10.3 Å². The van der Waals surface area contributed by atoms with Crippen molar-refractivity contribution >= 4 is 21.6 Å². The molecule has 1 atom stereocenters. The highest BCUT2D eigenvalue weighted by atomic mass is 32.2. The molecular weight excluding hydrogens is 426 g/mol. The van der Waals surface area contributed by atoms with Crippen molar-refractivity contribution in [2.24, 2.45) is 0 Å². The number of amides is 1. The lowest BCUT2D eigenvalue weighted by Gasteiger charge is -2.18. The van der Waals surface area contributed by atoms with Gasteiger partial charge >= 0.3 is 0 Å². The number of hydrogen-bond acceptors (Lipinski definition) is 5. The lowest BCUT2D eigenvalue weighted by molar-refractivity contribution is 0.0940. The lowest BCUT2D eigenvalue weighted by Crippen LogP contribution is -2.27. The average molecular weight is 452 g/mol. The van der Waals surface area contributed by atoms with Crippen LogP contribution in [0, 0.1) is 0 Å². The molecule has 166 valence electrons. The van der Waals surface area contributed by atoms with Gasteiger partial charge in [-0.2, -0.15) is 0 Å². The largest absolute Gasteiger partial charge is 0.489 e. The van der Waals surface area contributed by atoms with Crippen LogP contribution in [0.1, 0.15) is 40.9 Å². The third-order valence-electron chi connectivity index (χ3n) is 5.37. The molecule has 0 spiro atoms.